The van der Waals surface area contributed by atoms with E-state index in [0.29, 0.717) is 23.6 Å². The first-order chi connectivity index (χ1) is 9.94. The minimum Gasteiger partial charge on any atom is -0.340 e. The fourth-order valence-corrected chi connectivity index (χ4v) is 3.63. The molecule has 2 fully saturated rings. The summed E-state index contributed by atoms with van der Waals surface area (Å²) in [6.07, 6.45) is 3.36. The predicted octanol–water partition coefficient (Wildman–Crippen LogP) is 3.27. The molecular formula is C15H16BrClN2O2. The van der Waals surface area contributed by atoms with Gasteiger partial charge in [0.25, 0.3) is 5.91 Å². The van der Waals surface area contributed by atoms with Crippen molar-refractivity contribution in [3.05, 3.63) is 27.7 Å². The summed E-state index contributed by atoms with van der Waals surface area (Å²) in [6, 6.07) is 4.80. The molecule has 1 aliphatic heterocycles. The number of halogens is 2. The molecule has 112 valence electrons. The smallest absolute Gasteiger partial charge is 0.253 e. The van der Waals surface area contributed by atoms with Crippen molar-refractivity contribution in [3.8, 4) is 0 Å². The van der Waals surface area contributed by atoms with Gasteiger partial charge in [-0.25, -0.2) is 0 Å². The summed E-state index contributed by atoms with van der Waals surface area (Å²) in [5.74, 6) is -0.124. The third-order valence-corrected chi connectivity index (χ3v) is 5.63. The van der Waals surface area contributed by atoms with E-state index < -0.39 is 11.6 Å². The molecule has 1 heterocycles. The van der Waals surface area contributed by atoms with E-state index in [1.807, 2.05) is 6.07 Å². The molecule has 3 rings (SSSR count). The van der Waals surface area contributed by atoms with Crippen LogP contribution in [0.15, 0.2) is 22.7 Å². The minimum absolute atomic E-state index is 0.0227. The molecule has 21 heavy (non-hydrogen) atoms. The largest absolute Gasteiger partial charge is 0.340 e. The number of carbonyl (C=O) groups excluding carboxylic acids is 2. The van der Waals surface area contributed by atoms with E-state index in [0.717, 1.165) is 17.3 Å². The molecule has 0 bridgehead atoms. The molecule has 1 saturated heterocycles. The van der Waals surface area contributed by atoms with Gasteiger partial charge in [0, 0.05) is 10.2 Å². The maximum atomic E-state index is 13.0. The minimum atomic E-state index is -0.719. The summed E-state index contributed by atoms with van der Waals surface area (Å²) in [7, 11) is 0. The zero-order chi connectivity index (χ0) is 15.2. The van der Waals surface area contributed by atoms with Crippen LogP contribution in [0.1, 0.15) is 32.6 Å². The molecule has 2 aliphatic rings. The van der Waals surface area contributed by atoms with E-state index in [2.05, 4.69) is 21.2 Å². The number of hydrogen-bond acceptors (Lipinski definition) is 2. The van der Waals surface area contributed by atoms with Gasteiger partial charge in [0.1, 0.15) is 11.6 Å². The quantitative estimate of drug-likeness (QED) is 0.824. The van der Waals surface area contributed by atoms with Gasteiger partial charge in [0.2, 0.25) is 5.91 Å². The molecule has 1 atom stereocenters. The maximum absolute atomic E-state index is 13.0. The summed E-state index contributed by atoms with van der Waals surface area (Å²) >= 11 is 9.47. The second-order valence-corrected chi connectivity index (χ2v) is 6.99. The second kappa shape index (κ2) is 5.29. The number of nitrogens with one attached hydrogen (secondary N) is 1. The number of amides is 2. The summed E-state index contributed by atoms with van der Waals surface area (Å²) in [5, 5.41) is 3.47. The predicted molar refractivity (Wildman–Crippen MR) is 85.4 cm³/mol. The lowest BCUT2D eigenvalue weighted by atomic mass is 9.90. The molecule has 1 aliphatic carbocycles. The van der Waals surface area contributed by atoms with Crippen LogP contribution in [0.2, 0.25) is 5.02 Å². The van der Waals surface area contributed by atoms with Crippen LogP contribution < -0.4 is 10.2 Å². The molecule has 1 spiro atoms. The fourth-order valence-electron chi connectivity index (χ4n) is 3.21. The van der Waals surface area contributed by atoms with Gasteiger partial charge in [-0.3, -0.25) is 14.5 Å². The van der Waals surface area contributed by atoms with E-state index in [1.165, 1.54) is 0 Å². The Hall–Kier alpha value is -1.07. The van der Waals surface area contributed by atoms with Crippen LogP contribution in [0, 0.1) is 0 Å². The Morgan fingerprint density at radius 1 is 1.33 bits per heavy atom. The first-order valence-electron chi connectivity index (χ1n) is 7.05. The highest BCUT2D eigenvalue weighted by molar-refractivity contribution is 9.10. The molecular weight excluding hydrogens is 356 g/mol. The van der Waals surface area contributed by atoms with Gasteiger partial charge in [0.15, 0.2) is 0 Å². The number of hydrogen-bond donors (Lipinski definition) is 1. The molecule has 0 radical (unpaired) electrons. The molecule has 0 aromatic heterocycles. The molecule has 6 heteroatoms. The SMILES string of the molecule is CC1C(=O)NC2(CCCC2)C(=O)N1c1ccc(Br)c(Cl)c1. The van der Waals surface area contributed by atoms with Crippen LogP contribution in [0.3, 0.4) is 0 Å². The third kappa shape index (κ3) is 2.36. The van der Waals surface area contributed by atoms with E-state index >= 15 is 0 Å². The first-order valence-corrected chi connectivity index (χ1v) is 8.22. The molecule has 1 aromatic rings. The molecule has 1 unspecified atom stereocenters. The Balaban J connectivity index is 2.03. The Bertz CT molecular complexity index is 614. The van der Waals surface area contributed by atoms with Crippen molar-refractivity contribution >= 4 is 45.0 Å². The second-order valence-electron chi connectivity index (χ2n) is 5.73. The lowest BCUT2D eigenvalue weighted by molar-refractivity contribution is -0.137. The molecule has 2 amide bonds. The average Bonchev–Trinajstić information content (AvgIpc) is 2.90. The lowest BCUT2D eigenvalue weighted by Gasteiger charge is -2.43. The summed E-state index contributed by atoms with van der Waals surface area (Å²) in [6.45, 7) is 1.74. The summed E-state index contributed by atoms with van der Waals surface area (Å²) in [5.41, 5.74) is -0.0507. The van der Waals surface area contributed by atoms with Crippen molar-refractivity contribution in [2.45, 2.75) is 44.2 Å². The van der Waals surface area contributed by atoms with E-state index in [1.54, 1.807) is 24.0 Å². The van der Waals surface area contributed by atoms with Crippen LogP contribution >= 0.6 is 27.5 Å². The number of piperazine rings is 1. The molecule has 1 saturated carbocycles. The highest BCUT2D eigenvalue weighted by atomic mass is 79.9. The normalized spacial score (nSPS) is 24.5. The molecule has 1 aromatic carbocycles. The van der Waals surface area contributed by atoms with Gasteiger partial charge >= 0.3 is 0 Å². The van der Waals surface area contributed by atoms with Crippen molar-refractivity contribution in [2.75, 3.05) is 4.90 Å². The topological polar surface area (TPSA) is 49.4 Å². The number of nitrogens with zero attached hydrogens (tertiary/aromatic N) is 1. The van der Waals surface area contributed by atoms with E-state index in [-0.39, 0.29) is 11.8 Å². The number of anilines is 1. The number of benzene rings is 1. The monoisotopic (exact) mass is 370 g/mol. The third-order valence-electron chi connectivity index (χ3n) is 4.40. The summed E-state index contributed by atoms with van der Waals surface area (Å²) in [4.78, 5) is 26.8. The zero-order valence-electron chi connectivity index (χ0n) is 11.7. The standard InChI is InChI=1S/C15H16BrClN2O2/c1-9-13(20)18-15(6-2-3-7-15)14(21)19(9)10-4-5-11(16)12(17)8-10/h4-5,8-9H,2-3,6-7H2,1H3,(H,18,20). The van der Waals surface area contributed by atoms with Crippen molar-refractivity contribution in [1.29, 1.82) is 0 Å². The van der Waals surface area contributed by atoms with Crippen LogP contribution in [0.5, 0.6) is 0 Å². The van der Waals surface area contributed by atoms with Crippen LogP contribution in [-0.4, -0.2) is 23.4 Å². The Labute approximate surface area is 137 Å². The van der Waals surface area contributed by atoms with E-state index in [9.17, 15) is 9.59 Å². The van der Waals surface area contributed by atoms with Crippen molar-refractivity contribution in [1.82, 2.24) is 5.32 Å². The van der Waals surface area contributed by atoms with Crippen molar-refractivity contribution in [2.24, 2.45) is 0 Å². The van der Waals surface area contributed by atoms with Crippen molar-refractivity contribution in [3.63, 3.8) is 0 Å². The van der Waals surface area contributed by atoms with Gasteiger partial charge in [0.05, 0.1) is 5.02 Å². The Morgan fingerprint density at radius 3 is 2.62 bits per heavy atom. The molecule has 1 N–H and O–H groups in total. The number of rotatable bonds is 1. The zero-order valence-corrected chi connectivity index (χ0v) is 14.0. The van der Waals surface area contributed by atoms with Crippen LogP contribution in [0.25, 0.3) is 0 Å². The van der Waals surface area contributed by atoms with Gasteiger partial charge in [-0.1, -0.05) is 24.4 Å². The van der Waals surface area contributed by atoms with Gasteiger partial charge in [-0.2, -0.15) is 0 Å². The van der Waals surface area contributed by atoms with Crippen LogP contribution in [0.4, 0.5) is 5.69 Å². The Kier molecular flexibility index (Phi) is 3.74. The lowest BCUT2D eigenvalue weighted by Crippen LogP contribution is -2.69. The summed E-state index contributed by atoms with van der Waals surface area (Å²) < 4.78 is 0.769. The molecule has 4 nitrogen and oxygen atoms in total. The first kappa shape index (κ1) is 14.9. The van der Waals surface area contributed by atoms with Crippen molar-refractivity contribution < 1.29 is 9.59 Å². The van der Waals surface area contributed by atoms with Gasteiger partial charge in [-0.05, 0) is 53.9 Å². The van der Waals surface area contributed by atoms with Gasteiger partial charge in [-0.15, -0.1) is 0 Å². The van der Waals surface area contributed by atoms with Crippen LogP contribution in [-0.2, 0) is 9.59 Å². The van der Waals surface area contributed by atoms with E-state index in [4.69, 9.17) is 11.6 Å². The Morgan fingerprint density at radius 2 is 2.00 bits per heavy atom. The number of carbonyl (C=O) groups is 2. The maximum Gasteiger partial charge on any atom is 0.253 e. The highest BCUT2D eigenvalue weighted by Crippen LogP contribution is 2.37. The fraction of sp³-hybridized carbons (Fsp3) is 0.467. The van der Waals surface area contributed by atoms with Gasteiger partial charge < -0.3 is 5.32 Å². The average molecular weight is 372 g/mol. The highest BCUT2D eigenvalue weighted by Gasteiger charge is 2.51.